The first kappa shape index (κ1) is 13.3. The van der Waals surface area contributed by atoms with Gasteiger partial charge in [0, 0.05) is 19.7 Å². The summed E-state index contributed by atoms with van der Waals surface area (Å²) in [4.78, 5) is 16.2. The van der Waals surface area contributed by atoms with Crippen molar-refractivity contribution in [3.63, 3.8) is 0 Å². The molecule has 0 spiro atoms. The molecular weight excluding hydrogens is 240 g/mol. The minimum Gasteiger partial charge on any atom is -0.497 e. The van der Waals surface area contributed by atoms with Crippen LogP contribution in [0.5, 0.6) is 5.75 Å². The number of aryl methyl sites for hydroxylation is 3. The molecule has 19 heavy (non-hydrogen) atoms. The van der Waals surface area contributed by atoms with Crippen molar-refractivity contribution in [2.45, 2.75) is 19.8 Å². The summed E-state index contributed by atoms with van der Waals surface area (Å²) >= 11 is 0. The molecule has 0 bridgehead atoms. The number of imidazole rings is 1. The quantitative estimate of drug-likeness (QED) is 0.774. The molecule has 0 saturated carbocycles. The summed E-state index contributed by atoms with van der Waals surface area (Å²) in [5.74, 6) is 1.77. The van der Waals surface area contributed by atoms with Gasteiger partial charge in [0.25, 0.3) is 0 Å². The number of Topliss-reactive ketones (excluding diaryl/α,β-unsaturated/α-hetero) is 1. The third-order valence-electron chi connectivity index (χ3n) is 3.19. The van der Waals surface area contributed by atoms with Gasteiger partial charge in [-0.05, 0) is 31.0 Å². The molecule has 2 rings (SSSR count). The minimum absolute atomic E-state index is 0.0829. The Balaban J connectivity index is 1.96. The Hall–Kier alpha value is -2.10. The lowest BCUT2D eigenvalue weighted by Crippen LogP contribution is -2.01. The zero-order valence-corrected chi connectivity index (χ0v) is 11.5. The molecule has 4 heteroatoms. The normalized spacial score (nSPS) is 10.5. The van der Waals surface area contributed by atoms with E-state index in [-0.39, 0.29) is 5.78 Å². The van der Waals surface area contributed by atoms with Crippen molar-refractivity contribution in [3.8, 4) is 5.75 Å². The summed E-state index contributed by atoms with van der Waals surface area (Å²) in [7, 11) is 3.53. The number of ketones is 1. The van der Waals surface area contributed by atoms with Crippen molar-refractivity contribution in [1.82, 2.24) is 9.55 Å². The maximum Gasteiger partial charge on any atom is 0.183 e. The van der Waals surface area contributed by atoms with E-state index < -0.39 is 0 Å². The lowest BCUT2D eigenvalue weighted by molar-refractivity contribution is 0.0978. The standard InChI is InChI=1S/C15H18N2O2/c1-11-16-14(10-17(11)2)15(18)9-6-12-4-7-13(19-3)8-5-12/h4-5,7-8,10H,6,9H2,1-3H3. The van der Waals surface area contributed by atoms with Gasteiger partial charge >= 0.3 is 0 Å². The Labute approximate surface area is 113 Å². The molecule has 1 aromatic carbocycles. The lowest BCUT2D eigenvalue weighted by atomic mass is 10.1. The second kappa shape index (κ2) is 5.69. The van der Waals surface area contributed by atoms with Crippen LogP contribution in [0.1, 0.15) is 28.3 Å². The lowest BCUT2D eigenvalue weighted by Gasteiger charge is -2.02. The molecule has 100 valence electrons. The number of methoxy groups -OCH3 is 1. The number of hydrogen-bond donors (Lipinski definition) is 0. The Kier molecular flexibility index (Phi) is 4.00. The van der Waals surface area contributed by atoms with Gasteiger partial charge in [0.2, 0.25) is 0 Å². The molecule has 0 aliphatic rings. The summed E-state index contributed by atoms with van der Waals surface area (Å²) < 4.78 is 6.96. The summed E-state index contributed by atoms with van der Waals surface area (Å²) in [6.07, 6.45) is 2.98. The molecule has 0 amide bonds. The van der Waals surface area contributed by atoms with Crippen LogP contribution in [0.25, 0.3) is 0 Å². The Bertz CT molecular complexity index is 551. The van der Waals surface area contributed by atoms with Gasteiger partial charge in [-0.25, -0.2) is 4.98 Å². The highest BCUT2D eigenvalue weighted by Crippen LogP contribution is 2.13. The van der Waals surface area contributed by atoms with Gasteiger partial charge in [0.05, 0.1) is 7.11 Å². The molecule has 0 saturated heterocycles. The monoisotopic (exact) mass is 258 g/mol. The van der Waals surface area contributed by atoms with Crippen LogP contribution in [-0.2, 0) is 13.5 Å². The van der Waals surface area contributed by atoms with E-state index in [4.69, 9.17) is 4.74 Å². The number of rotatable bonds is 5. The number of nitrogens with zero attached hydrogens (tertiary/aromatic N) is 2. The highest BCUT2D eigenvalue weighted by Gasteiger charge is 2.10. The van der Waals surface area contributed by atoms with Crippen molar-refractivity contribution in [1.29, 1.82) is 0 Å². The van der Waals surface area contributed by atoms with Crippen molar-refractivity contribution < 1.29 is 9.53 Å². The van der Waals surface area contributed by atoms with Gasteiger partial charge in [0.1, 0.15) is 17.3 Å². The second-order valence-electron chi connectivity index (χ2n) is 4.56. The van der Waals surface area contributed by atoms with Crippen molar-refractivity contribution >= 4 is 5.78 Å². The fourth-order valence-electron chi connectivity index (χ4n) is 1.87. The van der Waals surface area contributed by atoms with Gasteiger partial charge in [0.15, 0.2) is 5.78 Å². The van der Waals surface area contributed by atoms with E-state index in [1.807, 2.05) is 42.8 Å². The Morgan fingerprint density at radius 2 is 2.00 bits per heavy atom. The summed E-state index contributed by atoms with van der Waals surface area (Å²) in [5.41, 5.74) is 1.68. The van der Waals surface area contributed by atoms with Crippen LogP contribution in [0, 0.1) is 6.92 Å². The number of carbonyl (C=O) groups is 1. The number of ether oxygens (including phenoxy) is 1. The molecule has 0 unspecified atom stereocenters. The van der Waals surface area contributed by atoms with Gasteiger partial charge in [-0.2, -0.15) is 0 Å². The third-order valence-corrected chi connectivity index (χ3v) is 3.19. The first-order valence-corrected chi connectivity index (χ1v) is 6.26. The van der Waals surface area contributed by atoms with Crippen LogP contribution in [0.4, 0.5) is 0 Å². The molecule has 1 aromatic heterocycles. The highest BCUT2D eigenvalue weighted by molar-refractivity contribution is 5.94. The van der Waals surface area contributed by atoms with Crippen molar-refractivity contribution in [3.05, 3.63) is 47.5 Å². The molecule has 0 aliphatic heterocycles. The molecule has 0 radical (unpaired) electrons. The molecule has 0 fully saturated rings. The third kappa shape index (κ3) is 3.22. The maximum atomic E-state index is 12.0. The fourth-order valence-corrected chi connectivity index (χ4v) is 1.87. The first-order valence-electron chi connectivity index (χ1n) is 6.26. The van der Waals surface area contributed by atoms with Crippen LogP contribution in [0.3, 0.4) is 0 Å². The average Bonchev–Trinajstić information content (AvgIpc) is 2.77. The van der Waals surface area contributed by atoms with Crippen LogP contribution < -0.4 is 4.74 Å². The van der Waals surface area contributed by atoms with Gasteiger partial charge in [-0.3, -0.25) is 4.79 Å². The Morgan fingerprint density at radius 1 is 1.32 bits per heavy atom. The van der Waals surface area contributed by atoms with Crippen LogP contribution in [0.15, 0.2) is 30.5 Å². The number of aromatic nitrogens is 2. The molecule has 2 aromatic rings. The molecule has 4 nitrogen and oxygen atoms in total. The minimum atomic E-state index is 0.0829. The SMILES string of the molecule is COc1ccc(CCC(=O)c2cn(C)c(C)n2)cc1. The van der Waals surface area contributed by atoms with E-state index in [0.29, 0.717) is 12.1 Å². The fraction of sp³-hybridized carbons (Fsp3) is 0.333. The largest absolute Gasteiger partial charge is 0.497 e. The van der Waals surface area contributed by atoms with E-state index in [1.54, 1.807) is 13.3 Å². The van der Waals surface area contributed by atoms with Crippen LogP contribution in [0.2, 0.25) is 0 Å². The number of benzene rings is 1. The van der Waals surface area contributed by atoms with E-state index in [0.717, 1.165) is 23.6 Å². The van der Waals surface area contributed by atoms with Gasteiger partial charge in [-0.1, -0.05) is 12.1 Å². The zero-order chi connectivity index (χ0) is 13.8. The molecule has 0 N–H and O–H groups in total. The number of carbonyl (C=O) groups excluding carboxylic acids is 1. The molecule has 0 aliphatic carbocycles. The predicted molar refractivity (Wildman–Crippen MR) is 73.6 cm³/mol. The second-order valence-corrected chi connectivity index (χ2v) is 4.56. The maximum absolute atomic E-state index is 12.0. The highest BCUT2D eigenvalue weighted by atomic mass is 16.5. The smallest absolute Gasteiger partial charge is 0.183 e. The van der Waals surface area contributed by atoms with Crippen LogP contribution >= 0.6 is 0 Å². The van der Waals surface area contributed by atoms with Gasteiger partial charge < -0.3 is 9.30 Å². The average molecular weight is 258 g/mol. The van der Waals surface area contributed by atoms with E-state index in [1.165, 1.54) is 0 Å². The van der Waals surface area contributed by atoms with E-state index >= 15 is 0 Å². The predicted octanol–water partition coefficient (Wildman–Crippen LogP) is 2.55. The molecule has 0 atom stereocenters. The Morgan fingerprint density at radius 3 is 2.53 bits per heavy atom. The van der Waals surface area contributed by atoms with Crippen molar-refractivity contribution in [2.75, 3.05) is 7.11 Å². The van der Waals surface area contributed by atoms with Gasteiger partial charge in [-0.15, -0.1) is 0 Å². The summed E-state index contributed by atoms with van der Waals surface area (Å²) in [5, 5.41) is 0. The topological polar surface area (TPSA) is 44.1 Å². The summed E-state index contributed by atoms with van der Waals surface area (Å²) in [6, 6.07) is 7.78. The molecule has 1 heterocycles. The summed E-state index contributed by atoms with van der Waals surface area (Å²) in [6.45, 7) is 1.89. The van der Waals surface area contributed by atoms with E-state index in [9.17, 15) is 4.79 Å². The first-order chi connectivity index (χ1) is 9.10. The van der Waals surface area contributed by atoms with E-state index in [2.05, 4.69) is 4.98 Å². The van der Waals surface area contributed by atoms with Crippen molar-refractivity contribution in [2.24, 2.45) is 7.05 Å². The number of hydrogen-bond acceptors (Lipinski definition) is 3. The zero-order valence-electron chi connectivity index (χ0n) is 11.5. The van der Waals surface area contributed by atoms with Crippen LogP contribution in [-0.4, -0.2) is 22.4 Å². The molecular formula is C15H18N2O2.